The van der Waals surface area contributed by atoms with Crippen molar-refractivity contribution in [2.45, 2.75) is 33.2 Å². The van der Waals surface area contributed by atoms with E-state index in [-0.39, 0.29) is 0 Å². The molecule has 0 bridgehead atoms. The third kappa shape index (κ3) is 4.41. The van der Waals surface area contributed by atoms with Crippen LogP contribution in [0.25, 0.3) is 0 Å². The van der Waals surface area contributed by atoms with Gasteiger partial charge in [0.25, 0.3) is 0 Å². The van der Waals surface area contributed by atoms with Crippen LogP contribution >= 0.6 is 0 Å². The number of ether oxygens (including phenoxy) is 3. The van der Waals surface area contributed by atoms with E-state index in [0.717, 1.165) is 24.0 Å². The van der Waals surface area contributed by atoms with Crippen molar-refractivity contribution in [1.29, 1.82) is 0 Å². The predicted octanol–water partition coefficient (Wildman–Crippen LogP) is 2.99. The lowest BCUT2D eigenvalue weighted by molar-refractivity contribution is 0.0485. The molecular formula is C19H24N2O5. The molecule has 0 radical (unpaired) electrons. The highest BCUT2D eigenvalue weighted by molar-refractivity contribution is 5.93. The summed E-state index contributed by atoms with van der Waals surface area (Å²) in [4.78, 5) is 24.2. The summed E-state index contributed by atoms with van der Waals surface area (Å²) in [6.45, 7) is 4.64. The van der Waals surface area contributed by atoms with Crippen LogP contribution in [0.15, 0.2) is 24.4 Å². The number of carbonyl (C=O) groups is 2. The van der Waals surface area contributed by atoms with E-state index in [4.69, 9.17) is 14.2 Å². The van der Waals surface area contributed by atoms with Crippen LogP contribution in [0, 0.1) is 6.92 Å². The van der Waals surface area contributed by atoms with E-state index in [1.807, 2.05) is 13.8 Å². The Morgan fingerprint density at radius 3 is 2.62 bits per heavy atom. The minimum absolute atomic E-state index is 0.324. The minimum atomic E-state index is -0.484. The van der Waals surface area contributed by atoms with Gasteiger partial charge in [-0.25, -0.2) is 9.59 Å². The third-order valence-corrected chi connectivity index (χ3v) is 4.04. The topological polar surface area (TPSA) is 79.7 Å². The lowest BCUT2D eigenvalue weighted by Crippen LogP contribution is -2.15. The van der Waals surface area contributed by atoms with E-state index in [1.165, 1.54) is 14.2 Å². The highest BCUT2D eigenvalue weighted by atomic mass is 16.5. The van der Waals surface area contributed by atoms with E-state index in [0.29, 0.717) is 30.2 Å². The Hall–Kier alpha value is -2.83. The first kappa shape index (κ1) is 19.5. The Bertz CT molecular complexity index is 782. The molecule has 0 aliphatic heterocycles. The van der Waals surface area contributed by atoms with Gasteiger partial charge < -0.3 is 14.2 Å². The molecule has 1 aromatic carbocycles. The van der Waals surface area contributed by atoms with Crippen LogP contribution < -0.4 is 4.74 Å². The molecule has 0 spiro atoms. The van der Waals surface area contributed by atoms with E-state index in [1.54, 1.807) is 29.1 Å². The number of hydrogen-bond donors (Lipinski definition) is 0. The first-order valence-electron chi connectivity index (χ1n) is 8.46. The van der Waals surface area contributed by atoms with Crippen LogP contribution in [0.4, 0.5) is 0 Å². The molecule has 0 atom stereocenters. The Kier molecular flexibility index (Phi) is 6.77. The number of hydrogen-bond acceptors (Lipinski definition) is 6. The average molecular weight is 360 g/mol. The second kappa shape index (κ2) is 9.03. The summed E-state index contributed by atoms with van der Waals surface area (Å²) >= 11 is 0. The summed E-state index contributed by atoms with van der Waals surface area (Å²) in [6.07, 6.45) is 3.32. The maximum absolute atomic E-state index is 12.2. The highest BCUT2D eigenvalue weighted by Crippen LogP contribution is 2.25. The van der Waals surface area contributed by atoms with Crippen LogP contribution in [0.3, 0.4) is 0 Å². The standard InChI is InChI=1S/C19H24N2O5/c1-5-6-9-26-19(23)16-7-8-20-21(16)12-14-11-15(18(22)25-4)17(24-3)10-13(14)2/h7-8,10-11H,5-6,9,12H2,1-4H3. The first-order valence-corrected chi connectivity index (χ1v) is 8.46. The molecule has 7 heteroatoms. The van der Waals surface area contributed by atoms with E-state index in [9.17, 15) is 9.59 Å². The molecule has 0 fully saturated rings. The molecule has 0 N–H and O–H groups in total. The van der Waals surface area contributed by atoms with E-state index in [2.05, 4.69) is 5.10 Å². The zero-order valence-electron chi connectivity index (χ0n) is 15.6. The summed E-state index contributed by atoms with van der Waals surface area (Å²) in [7, 11) is 2.82. The molecule has 0 aliphatic carbocycles. The maximum Gasteiger partial charge on any atom is 0.356 e. The fourth-order valence-electron chi connectivity index (χ4n) is 2.51. The molecule has 140 valence electrons. The maximum atomic E-state index is 12.2. The molecule has 2 aromatic rings. The van der Waals surface area contributed by atoms with Crippen molar-refractivity contribution in [2.75, 3.05) is 20.8 Å². The number of benzene rings is 1. The molecule has 7 nitrogen and oxygen atoms in total. The van der Waals surface area contributed by atoms with Gasteiger partial charge in [0.15, 0.2) is 0 Å². The van der Waals surface area contributed by atoms with Crippen molar-refractivity contribution >= 4 is 11.9 Å². The fraction of sp³-hybridized carbons (Fsp3) is 0.421. The minimum Gasteiger partial charge on any atom is -0.496 e. The van der Waals surface area contributed by atoms with Gasteiger partial charge in [0, 0.05) is 6.20 Å². The molecule has 0 unspecified atom stereocenters. The number of unbranched alkanes of at least 4 members (excludes halogenated alkanes) is 1. The van der Waals surface area contributed by atoms with Gasteiger partial charge in [-0.05, 0) is 42.7 Å². The molecule has 26 heavy (non-hydrogen) atoms. The van der Waals surface area contributed by atoms with Gasteiger partial charge in [0.05, 0.1) is 27.4 Å². The van der Waals surface area contributed by atoms with Crippen LogP contribution in [0.5, 0.6) is 5.75 Å². The molecule has 1 aromatic heterocycles. The molecule has 0 aliphatic rings. The second-order valence-corrected chi connectivity index (χ2v) is 5.83. The lowest BCUT2D eigenvalue weighted by Gasteiger charge is -2.14. The molecule has 0 amide bonds. The molecule has 1 heterocycles. The number of aromatic nitrogens is 2. The summed E-state index contributed by atoms with van der Waals surface area (Å²) in [5.74, 6) is -0.448. The van der Waals surface area contributed by atoms with Crippen molar-refractivity contribution < 1.29 is 23.8 Å². The fourth-order valence-corrected chi connectivity index (χ4v) is 2.51. The van der Waals surface area contributed by atoms with Crippen LogP contribution in [0.2, 0.25) is 0 Å². The van der Waals surface area contributed by atoms with Gasteiger partial charge in [-0.1, -0.05) is 13.3 Å². The molecule has 0 saturated carbocycles. The zero-order chi connectivity index (χ0) is 19.1. The number of nitrogens with zero attached hydrogens (tertiary/aromatic N) is 2. The van der Waals surface area contributed by atoms with Gasteiger partial charge in [-0.2, -0.15) is 5.10 Å². The Morgan fingerprint density at radius 2 is 1.96 bits per heavy atom. The third-order valence-electron chi connectivity index (χ3n) is 4.04. The number of esters is 2. The molecule has 2 rings (SSSR count). The summed E-state index contributed by atoms with van der Waals surface area (Å²) < 4.78 is 16.9. The number of rotatable bonds is 8. The van der Waals surface area contributed by atoms with Gasteiger partial charge in [0.1, 0.15) is 17.0 Å². The van der Waals surface area contributed by atoms with Crippen LogP contribution in [-0.2, 0) is 16.0 Å². The largest absolute Gasteiger partial charge is 0.496 e. The van der Waals surface area contributed by atoms with Crippen molar-refractivity contribution in [2.24, 2.45) is 0 Å². The van der Waals surface area contributed by atoms with Crippen molar-refractivity contribution in [3.63, 3.8) is 0 Å². The predicted molar refractivity (Wildman–Crippen MR) is 95.6 cm³/mol. The highest BCUT2D eigenvalue weighted by Gasteiger charge is 2.18. The van der Waals surface area contributed by atoms with Gasteiger partial charge in [-0.3, -0.25) is 4.68 Å². The number of methoxy groups -OCH3 is 2. The summed E-state index contributed by atoms with van der Waals surface area (Å²) in [5.41, 5.74) is 2.44. The SMILES string of the molecule is CCCCOC(=O)c1ccnn1Cc1cc(C(=O)OC)c(OC)cc1C. The average Bonchev–Trinajstić information content (AvgIpc) is 3.10. The Morgan fingerprint density at radius 1 is 1.19 bits per heavy atom. The monoisotopic (exact) mass is 360 g/mol. The van der Waals surface area contributed by atoms with Crippen molar-refractivity contribution in [3.05, 3.63) is 46.8 Å². The lowest BCUT2D eigenvalue weighted by atomic mass is 10.0. The quantitative estimate of drug-likeness (QED) is 0.532. The Balaban J connectivity index is 2.28. The van der Waals surface area contributed by atoms with E-state index < -0.39 is 11.9 Å². The van der Waals surface area contributed by atoms with Gasteiger partial charge >= 0.3 is 11.9 Å². The van der Waals surface area contributed by atoms with Crippen LogP contribution in [0.1, 0.15) is 51.7 Å². The molecule has 0 saturated heterocycles. The summed E-state index contributed by atoms with van der Waals surface area (Å²) in [6, 6.07) is 5.09. The van der Waals surface area contributed by atoms with Gasteiger partial charge in [-0.15, -0.1) is 0 Å². The number of carbonyl (C=O) groups excluding carboxylic acids is 2. The second-order valence-electron chi connectivity index (χ2n) is 5.83. The summed E-state index contributed by atoms with van der Waals surface area (Å²) in [5, 5.41) is 4.21. The first-order chi connectivity index (χ1) is 12.5. The number of aryl methyl sites for hydroxylation is 1. The smallest absolute Gasteiger partial charge is 0.356 e. The normalized spacial score (nSPS) is 10.5. The molecular weight excluding hydrogens is 336 g/mol. The van der Waals surface area contributed by atoms with Crippen molar-refractivity contribution in [3.8, 4) is 5.75 Å². The van der Waals surface area contributed by atoms with E-state index >= 15 is 0 Å². The van der Waals surface area contributed by atoms with Crippen LogP contribution in [-0.4, -0.2) is 42.5 Å². The zero-order valence-corrected chi connectivity index (χ0v) is 15.6. The van der Waals surface area contributed by atoms with Crippen molar-refractivity contribution in [1.82, 2.24) is 9.78 Å². The Labute approximate surface area is 152 Å². The van der Waals surface area contributed by atoms with Gasteiger partial charge in [0.2, 0.25) is 0 Å².